The van der Waals surface area contributed by atoms with Crippen LogP contribution in [0.5, 0.6) is 0 Å². The molecule has 3 aromatic carbocycles. The normalized spacial score (nSPS) is 14.1. The van der Waals surface area contributed by atoms with E-state index >= 15 is 0 Å². The molecule has 0 atom stereocenters. The molecule has 1 amide bonds. The third-order valence-electron chi connectivity index (χ3n) is 5.50. The van der Waals surface area contributed by atoms with Gasteiger partial charge in [-0.15, -0.1) is 11.8 Å². The maximum atomic E-state index is 14.0. The Morgan fingerprint density at radius 2 is 1.76 bits per heavy atom. The van der Waals surface area contributed by atoms with Crippen LogP contribution in [-0.2, 0) is 17.5 Å². The number of rotatable bonds is 6. The van der Waals surface area contributed by atoms with E-state index in [1.165, 1.54) is 24.3 Å². The van der Waals surface area contributed by atoms with Gasteiger partial charge in [0.2, 0.25) is 5.91 Å². The Morgan fingerprint density at radius 3 is 2.47 bits per heavy atom. The molecule has 1 aliphatic carbocycles. The molecule has 0 heterocycles. The Kier molecular flexibility index (Phi) is 6.93. The summed E-state index contributed by atoms with van der Waals surface area (Å²) in [6, 6.07) is 17.3. The summed E-state index contributed by atoms with van der Waals surface area (Å²) in [6.45, 7) is -0.0312. The quantitative estimate of drug-likeness (QED) is 0.297. The summed E-state index contributed by atoms with van der Waals surface area (Å²) in [4.78, 5) is 13.7. The molecule has 0 aromatic heterocycles. The van der Waals surface area contributed by atoms with Gasteiger partial charge in [0.1, 0.15) is 5.82 Å². The molecular formula is C27H21F4NOS. The zero-order valence-electron chi connectivity index (χ0n) is 18.2. The number of hydrogen-bond acceptors (Lipinski definition) is 2. The first-order valence-electron chi connectivity index (χ1n) is 10.5. The number of halogens is 4. The van der Waals surface area contributed by atoms with Gasteiger partial charge in [-0.3, -0.25) is 4.79 Å². The third-order valence-corrected chi connectivity index (χ3v) is 6.24. The van der Waals surface area contributed by atoms with Crippen molar-refractivity contribution >= 4 is 34.9 Å². The summed E-state index contributed by atoms with van der Waals surface area (Å²) >= 11 is 1.65. The van der Waals surface area contributed by atoms with Crippen LogP contribution in [0.15, 0.2) is 77.7 Å². The minimum Gasteiger partial charge on any atom is -0.352 e. The van der Waals surface area contributed by atoms with Crippen molar-refractivity contribution in [2.45, 2.75) is 24.0 Å². The summed E-state index contributed by atoms with van der Waals surface area (Å²) in [5, 5.41) is 2.66. The van der Waals surface area contributed by atoms with Crippen LogP contribution in [0.25, 0.3) is 17.2 Å². The van der Waals surface area contributed by atoms with Crippen LogP contribution in [0.2, 0.25) is 0 Å². The van der Waals surface area contributed by atoms with Crippen molar-refractivity contribution in [2.24, 2.45) is 0 Å². The topological polar surface area (TPSA) is 29.1 Å². The van der Waals surface area contributed by atoms with Crippen molar-refractivity contribution in [3.8, 4) is 0 Å². The monoisotopic (exact) mass is 483 g/mol. The maximum Gasteiger partial charge on any atom is 0.416 e. The van der Waals surface area contributed by atoms with Crippen molar-refractivity contribution in [3.63, 3.8) is 0 Å². The van der Waals surface area contributed by atoms with Gasteiger partial charge in [0.05, 0.1) is 12.0 Å². The van der Waals surface area contributed by atoms with E-state index in [0.717, 1.165) is 33.7 Å². The van der Waals surface area contributed by atoms with Crippen LogP contribution in [0.4, 0.5) is 17.6 Å². The molecule has 4 rings (SSSR count). The second-order valence-corrected chi connectivity index (χ2v) is 8.76. The number of alkyl halides is 3. The van der Waals surface area contributed by atoms with Gasteiger partial charge in [-0.2, -0.15) is 13.2 Å². The molecular weight excluding hydrogens is 462 g/mol. The average molecular weight is 484 g/mol. The highest BCUT2D eigenvalue weighted by Gasteiger charge is 2.30. The predicted octanol–water partition coefficient (Wildman–Crippen LogP) is 7.21. The fraction of sp³-hybridized carbons (Fsp3) is 0.148. The van der Waals surface area contributed by atoms with Crippen LogP contribution in [0, 0.1) is 5.82 Å². The van der Waals surface area contributed by atoms with Crippen molar-refractivity contribution in [1.29, 1.82) is 0 Å². The molecule has 0 bridgehead atoms. The van der Waals surface area contributed by atoms with Crippen molar-refractivity contribution in [3.05, 3.63) is 106 Å². The molecule has 3 aromatic rings. The fourth-order valence-corrected chi connectivity index (χ4v) is 4.22. The summed E-state index contributed by atoms with van der Waals surface area (Å²) < 4.78 is 52.7. The van der Waals surface area contributed by atoms with Gasteiger partial charge in [0.25, 0.3) is 0 Å². The van der Waals surface area contributed by atoms with Crippen LogP contribution in [-0.4, -0.2) is 12.2 Å². The van der Waals surface area contributed by atoms with E-state index in [1.54, 1.807) is 17.8 Å². The summed E-state index contributed by atoms with van der Waals surface area (Å²) in [7, 11) is 0. The largest absolute Gasteiger partial charge is 0.416 e. The zero-order valence-corrected chi connectivity index (χ0v) is 19.1. The Balaban J connectivity index is 1.51. The van der Waals surface area contributed by atoms with Gasteiger partial charge >= 0.3 is 6.18 Å². The van der Waals surface area contributed by atoms with E-state index in [1.807, 2.05) is 42.7 Å². The third kappa shape index (κ3) is 5.59. The first kappa shape index (κ1) is 23.8. The first-order chi connectivity index (χ1) is 16.2. The Hall–Kier alpha value is -3.32. The zero-order chi connectivity index (χ0) is 24.3. The number of benzene rings is 3. The lowest BCUT2D eigenvalue weighted by atomic mass is 10.0. The molecule has 1 aliphatic rings. The van der Waals surface area contributed by atoms with Gasteiger partial charge in [-0.25, -0.2) is 4.39 Å². The molecule has 0 saturated carbocycles. The number of fused-ring (bicyclic) bond motifs is 1. The second kappa shape index (κ2) is 9.89. The lowest BCUT2D eigenvalue weighted by Crippen LogP contribution is -2.23. The van der Waals surface area contributed by atoms with Gasteiger partial charge in [-0.05, 0) is 88.2 Å². The maximum absolute atomic E-state index is 14.0. The van der Waals surface area contributed by atoms with Gasteiger partial charge in [0.15, 0.2) is 0 Å². The number of allylic oxidation sites excluding steroid dienone is 2. The molecule has 0 fully saturated rings. The van der Waals surface area contributed by atoms with Gasteiger partial charge < -0.3 is 5.32 Å². The number of carbonyl (C=O) groups excluding carboxylic acids is 1. The average Bonchev–Trinajstić information content (AvgIpc) is 3.13. The van der Waals surface area contributed by atoms with Crippen LogP contribution in [0.3, 0.4) is 0 Å². The smallest absolute Gasteiger partial charge is 0.352 e. The highest BCUT2D eigenvalue weighted by atomic mass is 32.2. The molecule has 0 unspecified atom stereocenters. The molecule has 2 nitrogen and oxygen atoms in total. The van der Waals surface area contributed by atoms with Crippen LogP contribution in [0.1, 0.15) is 34.2 Å². The molecule has 0 radical (unpaired) electrons. The predicted molar refractivity (Wildman–Crippen MR) is 128 cm³/mol. The van der Waals surface area contributed by atoms with Crippen LogP contribution >= 0.6 is 11.8 Å². The van der Waals surface area contributed by atoms with E-state index in [4.69, 9.17) is 0 Å². The standard InChI is InChI=1S/C27H21F4NOS/c1-34-23-8-5-17(6-9-23)11-19-13-20(25-15-22(28)7-10-24(19)25)14-26(33)32-16-18-3-2-4-21(12-18)27(29,30)31/h2-13,15H,14,16H2,1H3,(H,32,33)/b19-11+. The highest BCUT2D eigenvalue weighted by molar-refractivity contribution is 7.98. The fourth-order valence-electron chi connectivity index (χ4n) is 3.82. The molecule has 0 saturated heterocycles. The Morgan fingerprint density at radius 1 is 1.00 bits per heavy atom. The van der Waals surface area contributed by atoms with Crippen molar-refractivity contribution in [2.75, 3.05) is 6.26 Å². The molecule has 0 spiro atoms. The number of carbonyl (C=O) groups is 1. The molecule has 1 N–H and O–H groups in total. The van der Waals surface area contributed by atoms with Crippen LogP contribution < -0.4 is 5.32 Å². The number of thioether (sulfide) groups is 1. The summed E-state index contributed by atoms with van der Waals surface area (Å²) in [6.07, 6.45) is 1.38. The lowest BCUT2D eigenvalue weighted by Gasteiger charge is -2.10. The Labute approximate surface area is 199 Å². The van der Waals surface area contributed by atoms with Crippen molar-refractivity contribution < 1.29 is 22.4 Å². The highest BCUT2D eigenvalue weighted by Crippen LogP contribution is 2.38. The minimum atomic E-state index is -4.44. The first-order valence-corrected chi connectivity index (χ1v) is 11.7. The van der Waals surface area contributed by atoms with E-state index < -0.39 is 17.6 Å². The lowest BCUT2D eigenvalue weighted by molar-refractivity contribution is -0.137. The van der Waals surface area contributed by atoms with E-state index in [0.29, 0.717) is 16.7 Å². The number of nitrogens with one attached hydrogen (secondary N) is 1. The Bertz CT molecular complexity index is 1280. The summed E-state index contributed by atoms with van der Waals surface area (Å²) in [5.41, 5.74) is 3.56. The molecule has 174 valence electrons. The second-order valence-electron chi connectivity index (χ2n) is 7.88. The molecule has 34 heavy (non-hydrogen) atoms. The van der Waals surface area contributed by atoms with E-state index in [9.17, 15) is 22.4 Å². The molecule has 7 heteroatoms. The van der Waals surface area contributed by atoms with E-state index in [-0.39, 0.29) is 18.9 Å². The number of amides is 1. The molecule has 0 aliphatic heterocycles. The SMILES string of the molecule is CSc1ccc(/C=C2\C=C(CC(=O)NCc3cccc(C(F)(F)F)c3)c3cc(F)ccc32)cc1. The number of hydrogen-bond donors (Lipinski definition) is 1. The van der Waals surface area contributed by atoms with E-state index in [2.05, 4.69) is 5.32 Å². The van der Waals surface area contributed by atoms with Gasteiger partial charge in [0, 0.05) is 11.4 Å². The van der Waals surface area contributed by atoms with Crippen molar-refractivity contribution in [1.82, 2.24) is 5.32 Å². The summed E-state index contributed by atoms with van der Waals surface area (Å²) in [5.74, 6) is -0.760. The van der Waals surface area contributed by atoms with Gasteiger partial charge in [-0.1, -0.05) is 30.3 Å². The minimum absolute atomic E-state index is 0.0157.